The maximum absolute atomic E-state index is 10.2. The zero-order chi connectivity index (χ0) is 12.8. The molecule has 1 aliphatic rings. The van der Waals surface area contributed by atoms with Gasteiger partial charge in [-0.15, -0.1) is 0 Å². The first-order valence-electron chi connectivity index (χ1n) is 4.57. The third-order valence-corrected chi connectivity index (χ3v) is 2.58. The number of aliphatic hydroxyl groups excluding tert-OH is 1. The van der Waals surface area contributed by atoms with E-state index in [0.717, 1.165) is 0 Å². The van der Waals surface area contributed by atoms with Crippen molar-refractivity contribution in [3.63, 3.8) is 0 Å². The van der Waals surface area contributed by atoms with Crippen molar-refractivity contribution >= 4 is 16.1 Å². The number of carboxylic acid groups (broad SMARTS) is 1. The zero-order valence-electron chi connectivity index (χ0n) is 8.54. The molecule has 0 aromatic carbocycles. The molecule has 16 heavy (non-hydrogen) atoms. The van der Waals surface area contributed by atoms with E-state index < -0.39 is 28.2 Å². The molecule has 0 radical (unpaired) electrons. The van der Waals surface area contributed by atoms with Crippen LogP contribution in [-0.2, 0) is 14.9 Å². The topological polar surface area (TPSA) is 150 Å². The maximum atomic E-state index is 10.2. The van der Waals surface area contributed by atoms with Crippen LogP contribution in [0.3, 0.4) is 0 Å². The minimum absolute atomic E-state index is 0.0289. The van der Waals surface area contributed by atoms with Crippen LogP contribution in [0, 0.1) is 0 Å². The predicted octanol–water partition coefficient (Wildman–Crippen LogP) is -2.37. The third-order valence-electron chi connectivity index (χ3n) is 1.83. The van der Waals surface area contributed by atoms with Gasteiger partial charge >= 0.3 is 5.97 Å². The largest absolute Gasteiger partial charge is 0.480 e. The Labute approximate surface area is 93.2 Å². The summed E-state index contributed by atoms with van der Waals surface area (Å²) in [6.07, 6.45) is -0.167. The lowest BCUT2D eigenvalue weighted by atomic mass is 10.2. The molecule has 2 atom stereocenters. The molecule has 0 saturated carbocycles. The van der Waals surface area contributed by atoms with Gasteiger partial charge in [0.25, 0.3) is 10.1 Å². The fourth-order valence-corrected chi connectivity index (χ4v) is 1.39. The first kappa shape index (κ1) is 15.3. The van der Waals surface area contributed by atoms with E-state index in [9.17, 15) is 13.2 Å². The molecule has 1 heterocycles. The highest BCUT2D eigenvalue weighted by Gasteiger charge is 2.30. The highest BCUT2D eigenvalue weighted by atomic mass is 32.2. The van der Waals surface area contributed by atoms with E-state index in [1.54, 1.807) is 0 Å². The van der Waals surface area contributed by atoms with Crippen molar-refractivity contribution in [3.8, 4) is 0 Å². The van der Waals surface area contributed by atoms with Crippen LogP contribution in [0.2, 0.25) is 0 Å². The van der Waals surface area contributed by atoms with Gasteiger partial charge in [-0.2, -0.15) is 8.42 Å². The van der Waals surface area contributed by atoms with Gasteiger partial charge in [0.05, 0.1) is 11.9 Å². The summed E-state index contributed by atoms with van der Waals surface area (Å²) >= 11 is 0. The quantitative estimate of drug-likeness (QED) is 0.351. The summed E-state index contributed by atoms with van der Waals surface area (Å²) in [5.41, 5.74) is 4.78. The molecular formula is C7H16N2O6S. The summed E-state index contributed by atoms with van der Waals surface area (Å²) in [6, 6.07) is -0.745. The molecule has 0 aliphatic carbocycles. The minimum atomic E-state index is -3.80. The lowest BCUT2D eigenvalue weighted by molar-refractivity contribution is -0.141. The smallest absolute Gasteiger partial charge is 0.323 e. The Morgan fingerprint density at radius 2 is 2.06 bits per heavy atom. The molecule has 0 aromatic rings. The van der Waals surface area contributed by atoms with Gasteiger partial charge in [-0.3, -0.25) is 9.35 Å². The molecule has 0 bridgehead atoms. The van der Waals surface area contributed by atoms with Crippen molar-refractivity contribution < 1.29 is 28.0 Å². The van der Waals surface area contributed by atoms with E-state index in [4.69, 9.17) is 20.5 Å². The number of nitrogens with one attached hydrogen (secondary N) is 1. The SMILES string of the molecule is NCCS(=O)(=O)O.O=C(O)[C@H]1NCCC1O. The minimum Gasteiger partial charge on any atom is -0.480 e. The molecule has 96 valence electrons. The number of hydrogen-bond donors (Lipinski definition) is 5. The van der Waals surface area contributed by atoms with E-state index in [1.165, 1.54) is 0 Å². The van der Waals surface area contributed by atoms with E-state index in [0.29, 0.717) is 13.0 Å². The first-order chi connectivity index (χ1) is 7.28. The van der Waals surface area contributed by atoms with Crippen molar-refractivity contribution in [3.05, 3.63) is 0 Å². The summed E-state index contributed by atoms with van der Waals surface area (Å²) in [5.74, 6) is -1.33. The highest BCUT2D eigenvalue weighted by Crippen LogP contribution is 2.05. The maximum Gasteiger partial charge on any atom is 0.323 e. The Hall–Kier alpha value is -0.740. The van der Waals surface area contributed by atoms with E-state index >= 15 is 0 Å². The fourth-order valence-electron chi connectivity index (χ4n) is 1.09. The predicted molar refractivity (Wildman–Crippen MR) is 55.5 cm³/mol. The normalized spacial score (nSPS) is 24.7. The van der Waals surface area contributed by atoms with Gasteiger partial charge in [0.2, 0.25) is 0 Å². The Balaban J connectivity index is 0.000000293. The van der Waals surface area contributed by atoms with Gasteiger partial charge in [0, 0.05) is 6.54 Å². The number of carbonyl (C=O) groups is 1. The average Bonchev–Trinajstić information content (AvgIpc) is 2.50. The molecule has 9 heteroatoms. The number of rotatable bonds is 3. The van der Waals surface area contributed by atoms with Crippen LogP contribution in [0.1, 0.15) is 6.42 Å². The third kappa shape index (κ3) is 6.69. The van der Waals surface area contributed by atoms with Crippen molar-refractivity contribution in [2.75, 3.05) is 18.8 Å². The standard InChI is InChI=1S/C5H9NO3.C2H7NO3S/c7-3-1-2-6-4(3)5(8)9;3-1-2-7(4,5)6/h3-4,6-7H,1-2H2,(H,8,9);1-3H2,(H,4,5,6)/t3?,4-;/m0./s1. The van der Waals surface area contributed by atoms with Gasteiger partial charge in [-0.1, -0.05) is 0 Å². The number of aliphatic hydroxyl groups is 1. The number of carboxylic acids is 1. The number of aliphatic carboxylic acids is 1. The van der Waals surface area contributed by atoms with Crippen molar-refractivity contribution in [2.45, 2.75) is 18.6 Å². The Morgan fingerprint density at radius 1 is 1.50 bits per heavy atom. The second-order valence-corrected chi connectivity index (χ2v) is 4.77. The van der Waals surface area contributed by atoms with E-state index in [-0.39, 0.29) is 12.3 Å². The van der Waals surface area contributed by atoms with Crippen LogP contribution in [0.4, 0.5) is 0 Å². The molecule has 0 spiro atoms. The average molecular weight is 256 g/mol. The lowest BCUT2D eigenvalue weighted by Crippen LogP contribution is -2.38. The fraction of sp³-hybridized carbons (Fsp3) is 0.857. The van der Waals surface area contributed by atoms with Gasteiger partial charge in [-0.25, -0.2) is 0 Å². The second kappa shape index (κ2) is 6.76. The van der Waals surface area contributed by atoms with Crippen molar-refractivity contribution in [1.29, 1.82) is 0 Å². The Morgan fingerprint density at radius 3 is 2.19 bits per heavy atom. The lowest BCUT2D eigenvalue weighted by Gasteiger charge is -2.06. The van der Waals surface area contributed by atoms with Crippen LogP contribution in [-0.4, -0.2) is 60.1 Å². The summed E-state index contributed by atoms with van der Waals surface area (Å²) in [7, 11) is -3.80. The molecule has 0 aromatic heterocycles. The summed E-state index contributed by atoms with van der Waals surface area (Å²) < 4.78 is 27.3. The molecule has 6 N–H and O–H groups in total. The van der Waals surface area contributed by atoms with E-state index in [1.807, 2.05) is 0 Å². The molecule has 1 fully saturated rings. The summed E-state index contributed by atoms with van der Waals surface area (Å²) in [4.78, 5) is 10.2. The number of hydrogen-bond acceptors (Lipinski definition) is 6. The molecular weight excluding hydrogens is 240 g/mol. The molecule has 1 rings (SSSR count). The summed E-state index contributed by atoms with van der Waals surface area (Å²) in [5, 5.41) is 19.9. The summed E-state index contributed by atoms with van der Waals surface area (Å²) in [6.45, 7) is 0.566. The van der Waals surface area contributed by atoms with E-state index in [2.05, 4.69) is 5.32 Å². The zero-order valence-corrected chi connectivity index (χ0v) is 9.35. The number of nitrogens with two attached hydrogens (primary N) is 1. The van der Waals surface area contributed by atoms with Crippen LogP contribution in [0.15, 0.2) is 0 Å². The van der Waals surface area contributed by atoms with Gasteiger partial charge in [0.15, 0.2) is 0 Å². The van der Waals surface area contributed by atoms with Gasteiger partial charge in [0.1, 0.15) is 6.04 Å². The Kier molecular flexibility index (Phi) is 6.45. The monoisotopic (exact) mass is 256 g/mol. The second-order valence-electron chi connectivity index (χ2n) is 3.20. The first-order valence-corrected chi connectivity index (χ1v) is 6.18. The van der Waals surface area contributed by atoms with Crippen molar-refractivity contribution in [1.82, 2.24) is 5.32 Å². The molecule has 1 unspecified atom stereocenters. The Bertz CT molecular complexity index is 317. The molecule has 8 nitrogen and oxygen atoms in total. The van der Waals surface area contributed by atoms with Crippen LogP contribution in [0.25, 0.3) is 0 Å². The molecule has 1 saturated heterocycles. The van der Waals surface area contributed by atoms with Crippen LogP contribution < -0.4 is 11.1 Å². The van der Waals surface area contributed by atoms with Crippen LogP contribution in [0.5, 0.6) is 0 Å². The molecule has 1 aliphatic heterocycles. The van der Waals surface area contributed by atoms with Crippen molar-refractivity contribution in [2.24, 2.45) is 5.73 Å². The highest BCUT2D eigenvalue weighted by molar-refractivity contribution is 7.85. The van der Waals surface area contributed by atoms with Gasteiger partial charge in [-0.05, 0) is 13.0 Å². The molecule has 0 amide bonds. The van der Waals surface area contributed by atoms with Gasteiger partial charge < -0.3 is 21.3 Å². The van der Waals surface area contributed by atoms with Crippen LogP contribution >= 0.6 is 0 Å².